The fourth-order valence-corrected chi connectivity index (χ4v) is 4.90. The molecule has 4 heteroatoms. The first-order chi connectivity index (χ1) is 13.7. The molecule has 1 aliphatic heterocycles. The van der Waals surface area contributed by atoms with E-state index in [0.717, 1.165) is 40.6 Å². The van der Waals surface area contributed by atoms with Gasteiger partial charge in [-0.3, -0.25) is 9.69 Å². The first-order valence-corrected chi connectivity index (χ1v) is 11.0. The lowest BCUT2D eigenvalue weighted by molar-refractivity contribution is -0.124. The number of hydrogen-bond donors (Lipinski definition) is 0. The van der Waals surface area contributed by atoms with Gasteiger partial charge < -0.3 is 0 Å². The number of benzene rings is 2. The summed E-state index contributed by atoms with van der Waals surface area (Å²) in [5, 5.41) is 0.823. The van der Waals surface area contributed by atoms with E-state index in [4.69, 9.17) is 4.99 Å². The molecule has 0 radical (unpaired) electrons. The number of carbonyl (C=O) groups is 1. The van der Waals surface area contributed by atoms with E-state index in [9.17, 15) is 4.79 Å². The summed E-state index contributed by atoms with van der Waals surface area (Å²) in [6.07, 6.45) is 8.79. The maximum Gasteiger partial charge on any atom is 0.267 e. The Morgan fingerprint density at radius 3 is 2.43 bits per heavy atom. The van der Waals surface area contributed by atoms with Gasteiger partial charge in [0.25, 0.3) is 5.91 Å². The normalized spacial score (nSPS) is 21.0. The van der Waals surface area contributed by atoms with Crippen LogP contribution in [0.2, 0.25) is 0 Å². The van der Waals surface area contributed by atoms with Crippen molar-refractivity contribution >= 4 is 34.6 Å². The molecular weight excluding hydrogens is 364 g/mol. The van der Waals surface area contributed by atoms with Crippen molar-refractivity contribution in [2.24, 2.45) is 4.99 Å². The molecule has 2 aromatic carbocycles. The van der Waals surface area contributed by atoms with Crippen LogP contribution in [0, 0.1) is 0 Å². The maximum absolute atomic E-state index is 13.3. The summed E-state index contributed by atoms with van der Waals surface area (Å²) in [6.45, 7) is 2.15. The Balaban J connectivity index is 1.67. The van der Waals surface area contributed by atoms with Crippen molar-refractivity contribution in [3.8, 4) is 0 Å². The number of amides is 1. The number of aliphatic imine (C=N–C) groups is 1. The molecule has 2 aliphatic rings. The van der Waals surface area contributed by atoms with E-state index in [-0.39, 0.29) is 11.9 Å². The average molecular weight is 391 g/mol. The number of aryl methyl sites for hydroxylation is 1. The van der Waals surface area contributed by atoms with E-state index in [1.54, 1.807) is 0 Å². The molecule has 4 rings (SSSR count). The lowest BCUT2D eigenvalue weighted by Gasteiger charge is -2.30. The largest absolute Gasteiger partial charge is 0.283 e. The van der Waals surface area contributed by atoms with Gasteiger partial charge in [0.05, 0.1) is 10.6 Å². The molecule has 0 aromatic heterocycles. The van der Waals surface area contributed by atoms with Gasteiger partial charge >= 0.3 is 0 Å². The van der Waals surface area contributed by atoms with Gasteiger partial charge in [0, 0.05) is 6.04 Å². The summed E-state index contributed by atoms with van der Waals surface area (Å²) < 4.78 is 0. The Hall–Kier alpha value is -2.33. The van der Waals surface area contributed by atoms with Crippen molar-refractivity contribution in [3.05, 3.63) is 70.6 Å². The zero-order chi connectivity index (χ0) is 19.3. The first kappa shape index (κ1) is 19.0. The van der Waals surface area contributed by atoms with Crippen molar-refractivity contribution in [1.82, 2.24) is 4.90 Å². The standard InChI is InChI=1S/C24H26N2OS/c1-2-18-13-15-20(16-14-18)25-24-26(21-11-7-4-8-12-21)23(27)22(28-24)17-19-9-5-3-6-10-19/h3,5-6,9-10,13-17,21H,2,4,7-8,11-12H2,1H3/b22-17+,25-24?. The topological polar surface area (TPSA) is 32.7 Å². The number of carbonyl (C=O) groups excluding carboxylic acids is 1. The number of hydrogen-bond acceptors (Lipinski definition) is 3. The van der Waals surface area contributed by atoms with Crippen LogP contribution in [0.4, 0.5) is 5.69 Å². The molecule has 0 N–H and O–H groups in total. The molecule has 2 fully saturated rings. The fraction of sp³-hybridized carbons (Fsp3) is 0.333. The smallest absolute Gasteiger partial charge is 0.267 e. The minimum absolute atomic E-state index is 0.102. The van der Waals surface area contributed by atoms with Crippen LogP contribution in [0.1, 0.15) is 50.2 Å². The average Bonchev–Trinajstić information content (AvgIpc) is 3.04. The molecule has 1 aliphatic carbocycles. The van der Waals surface area contributed by atoms with Crippen LogP contribution >= 0.6 is 11.8 Å². The van der Waals surface area contributed by atoms with Gasteiger partial charge in [0.1, 0.15) is 0 Å². The maximum atomic E-state index is 13.3. The van der Waals surface area contributed by atoms with Gasteiger partial charge in [0.2, 0.25) is 0 Å². The molecule has 1 amide bonds. The second-order valence-corrected chi connectivity index (χ2v) is 8.41. The van der Waals surface area contributed by atoms with E-state index in [1.807, 2.05) is 41.3 Å². The first-order valence-electron chi connectivity index (χ1n) is 10.2. The minimum atomic E-state index is 0.102. The van der Waals surface area contributed by atoms with Gasteiger partial charge in [-0.05, 0) is 60.4 Å². The molecule has 0 spiro atoms. The Morgan fingerprint density at radius 1 is 1.04 bits per heavy atom. The van der Waals surface area contributed by atoms with Crippen LogP contribution < -0.4 is 0 Å². The molecule has 3 nitrogen and oxygen atoms in total. The van der Waals surface area contributed by atoms with Crippen LogP contribution in [0.3, 0.4) is 0 Å². The summed E-state index contributed by atoms with van der Waals surface area (Å²) >= 11 is 1.51. The predicted octanol–water partition coefficient (Wildman–Crippen LogP) is 6.19. The molecule has 0 bridgehead atoms. The van der Waals surface area contributed by atoms with E-state index >= 15 is 0 Å². The third-order valence-electron chi connectivity index (χ3n) is 5.44. The van der Waals surface area contributed by atoms with E-state index in [1.165, 1.54) is 36.6 Å². The molecule has 0 unspecified atom stereocenters. The zero-order valence-electron chi connectivity index (χ0n) is 16.3. The summed E-state index contributed by atoms with van der Waals surface area (Å²) in [6, 6.07) is 18.7. The van der Waals surface area contributed by atoms with Crippen LogP contribution in [-0.2, 0) is 11.2 Å². The highest BCUT2D eigenvalue weighted by Crippen LogP contribution is 2.38. The summed E-state index contributed by atoms with van der Waals surface area (Å²) in [5.41, 5.74) is 3.26. The fourth-order valence-electron chi connectivity index (χ4n) is 3.84. The monoisotopic (exact) mass is 390 g/mol. The quantitative estimate of drug-likeness (QED) is 0.584. The summed E-state index contributed by atoms with van der Waals surface area (Å²) in [4.78, 5) is 20.9. The second-order valence-electron chi connectivity index (χ2n) is 7.40. The summed E-state index contributed by atoms with van der Waals surface area (Å²) in [5.74, 6) is 0.102. The van der Waals surface area contributed by atoms with Gasteiger partial charge in [0.15, 0.2) is 5.17 Å². The third-order valence-corrected chi connectivity index (χ3v) is 6.43. The van der Waals surface area contributed by atoms with E-state index in [0.29, 0.717) is 0 Å². The van der Waals surface area contributed by atoms with Crippen molar-refractivity contribution in [1.29, 1.82) is 0 Å². The molecule has 0 atom stereocenters. The highest BCUT2D eigenvalue weighted by Gasteiger charge is 2.38. The van der Waals surface area contributed by atoms with Gasteiger partial charge in [-0.15, -0.1) is 0 Å². The molecule has 144 valence electrons. The second kappa shape index (κ2) is 8.78. The predicted molar refractivity (Wildman–Crippen MR) is 119 cm³/mol. The highest BCUT2D eigenvalue weighted by molar-refractivity contribution is 8.18. The number of rotatable bonds is 4. The molecule has 28 heavy (non-hydrogen) atoms. The van der Waals surface area contributed by atoms with Crippen LogP contribution in [-0.4, -0.2) is 22.0 Å². The third kappa shape index (κ3) is 4.22. The molecular formula is C24H26N2OS. The Morgan fingerprint density at radius 2 is 1.75 bits per heavy atom. The molecule has 1 saturated carbocycles. The SMILES string of the molecule is CCc1ccc(N=C2S/C(=C/c3ccccc3)C(=O)N2C2CCCCC2)cc1. The Labute approximate surface area is 171 Å². The molecule has 2 aromatic rings. The van der Waals surface area contributed by atoms with Crippen molar-refractivity contribution < 1.29 is 4.79 Å². The molecule has 1 saturated heterocycles. The number of thioether (sulfide) groups is 1. The summed E-state index contributed by atoms with van der Waals surface area (Å²) in [7, 11) is 0. The van der Waals surface area contributed by atoms with Crippen molar-refractivity contribution in [3.63, 3.8) is 0 Å². The minimum Gasteiger partial charge on any atom is -0.283 e. The van der Waals surface area contributed by atoms with Crippen LogP contribution in [0.5, 0.6) is 0 Å². The lowest BCUT2D eigenvalue weighted by Crippen LogP contribution is -2.40. The van der Waals surface area contributed by atoms with Crippen LogP contribution in [0.25, 0.3) is 6.08 Å². The van der Waals surface area contributed by atoms with Crippen molar-refractivity contribution in [2.45, 2.75) is 51.5 Å². The highest BCUT2D eigenvalue weighted by atomic mass is 32.2. The van der Waals surface area contributed by atoms with E-state index in [2.05, 4.69) is 31.2 Å². The van der Waals surface area contributed by atoms with Gasteiger partial charge in [-0.1, -0.05) is 68.7 Å². The van der Waals surface area contributed by atoms with E-state index < -0.39 is 0 Å². The Kier molecular flexibility index (Phi) is 5.96. The lowest BCUT2D eigenvalue weighted by atomic mass is 9.94. The zero-order valence-corrected chi connectivity index (χ0v) is 17.1. The van der Waals surface area contributed by atoms with Gasteiger partial charge in [-0.25, -0.2) is 4.99 Å². The van der Waals surface area contributed by atoms with Crippen molar-refractivity contribution in [2.75, 3.05) is 0 Å². The van der Waals surface area contributed by atoms with Crippen LogP contribution in [0.15, 0.2) is 64.5 Å². The molecule has 1 heterocycles. The number of nitrogens with zero attached hydrogens (tertiary/aromatic N) is 2. The van der Waals surface area contributed by atoms with Gasteiger partial charge in [-0.2, -0.15) is 0 Å². The Bertz CT molecular complexity index is 881. The number of amidine groups is 1.